The second-order valence-electron chi connectivity index (χ2n) is 4.03. The Morgan fingerprint density at radius 3 is 2.88 bits per heavy atom. The third-order valence-electron chi connectivity index (χ3n) is 2.87. The van der Waals surface area contributed by atoms with E-state index in [4.69, 9.17) is 5.73 Å². The summed E-state index contributed by atoms with van der Waals surface area (Å²) < 4.78 is 0.991. The third kappa shape index (κ3) is 2.63. The summed E-state index contributed by atoms with van der Waals surface area (Å²) in [6.45, 7) is 2.00. The van der Waals surface area contributed by atoms with Gasteiger partial charge in [0.1, 0.15) is 5.82 Å². The van der Waals surface area contributed by atoms with Crippen molar-refractivity contribution in [3.63, 3.8) is 0 Å². The van der Waals surface area contributed by atoms with Crippen molar-refractivity contribution in [2.45, 2.75) is 25.8 Å². The zero-order valence-corrected chi connectivity index (χ0v) is 11.7. The van der Waals surface area contributed by atoms with E-state index in [2.05, 4.69) is 26.2 Å². The summed E-state index contributed by atoms with van der Waals surface area (Å²) in [6.07, 6.45) is 4.14. The van der Waals surface area contributed by atoms with Gasteiger partial charge >= 0.3 is 0 Å². The maximum absolute atomic E-state index is 5.80. The molecule has 0 aliphatic carbocycles. The van der Waals surface area contributed by atoms with Gasteiger partial charge < -0.3 is 11.1 Å². The van der Waals surface area contributed by atoms with Gasteiger partial charge in [0.25, 0.3) is 0 Å². The van der Waals surface area contributed by atoms with Crippen LogP contribution in [0.3, 0.4) is 0 Å². The average molecular weight is 302 g/mol. The van der Waals surface area contributed by atoms with E-state index < -0.39 is 0 Å². The second-order valence-corrected chi connectivity index (χ2v) is 6.05. The molecular weight excluding hydrogens is 286 g/mol. The van der Waals surface area contributed by atoms with Crippen LogP contribution in [-0.4, -0.2) is 22.5 Å². The summed E-state index contributed by atoms with van der Waals surface area (Å²) in [5, 5.41) is 3.49. The van der Waals surface area contributed by atoms with Gasteiger partial charge in [-0.3, -0.25) is 0 Å². The molecule has 88 valence electrons. The van der Waals surface area contributed by atoms with Gasteiger partial charge in [0, 0.05) is 6.04 Å². The number of halogens is 1. The SMILES string of the molecule is Cc1c(N)cnc(NC2CCSCC2)c1Br. The van der Waals surface area contributed by atoms with Gasteiger partial charge in [-0.05, 0) is 52.8 Å². The number of nitrogens with one attached hydrogen (secondary N) is 1. The second kappa shape index (κ2) is 5.27. The van der Waals surface area contributed by atoms with E-state index in [1.807, 2.05) is 18.7 Å². The van der Waals surface area contributed by atoms with E-state index in [0.29, 0.717) is 6.04 Å². The Morgan fingerprint density at radius 2 is 2.19 bits per heavy atom. The average Bonchev–Trinajstić information content (AvgIpc) is 2.31. The molecule has 0 spiro atoms. The highest BCUT2D eigenvalue weighted by molar-refractivity contribution is 9.10. The Kier molecular flexibility index (Phi) is 3.97. The highest BCUT2D eigenvalue weighted by Crippen LogP contribution is 2.29. The van der Waals surface area contributed by atoms with Crippen molar-refractivity contribution in [1.82, 2.24) is 4.98 Å². The highest BCUT2D eigenvalue weighted by Gasteiger charge is 2.16. The molecule has 1 aromatic heterocycles. The Morgan fingerprint density at radius 1 is 1.50 bits per heavy atom. The van der Waals surface area contributed by atoms with Crippen LogP contribution in [0.15, 0.2) is 10.7 Å². The van der Waals surface area contributed by atoms with Gasteiger partial charge in [0.05, 0.1) is 16.4 Å². The monoisotopic (exact) mass is 301 g/mol. The van der Waals surface area contributed by atoms with Crippen molar-refractivity contribution >= 4 is 39.2 Å². The summed E-state index contributed by atoms with van der Waals surface area (Å²) in [5.74, 6) is 3.40. The zero-order chi connectivity index (χ0) is 11.5. The Hall–Kier alpha value is -0.420. The van der Waals surface area contributed by atoms with E-state index in [9.17, 15) is 0 Å². The fourth-order valence-corrected chi connectivity index (χ4v) is 3.28. The number of aromatic nitrogens is 1. The molecule has 0 amide bonds. The van der Waals surface area contributed by atoms with Crippen LogP contribution in [0.25, 0.3) is 0 Å². The van der Waals surface area contributed by atoms with Crippen molar-refractivity contribution in [1.29, 1.82) is 0 Å². The van der Waals surface area contributed by atoms with E-state index >= 15 is 0 Å². The fourth-order valence-electron chi connectivity index (χ4n) is 1.73. The summed E-state index contributed by atoms with van der Waals surface area (Å²) in [7, 11) is 0. The van der Waals surface area contributed by atoms with Crippen LogP contribution in [0, 0.1) is 6.92 Å². The van der Waals surface area contributed by atoms with Crippen LogP contribution in [0.1, 0.15) is 18.4 Å². The van der Waals surface area contributed by atoms with E-state index in [1.54, 1.807) is 6.20 Å². The summed E-state index contributed by atoms with van der Waals surface area (Å²) >= 11 is 5.57. The van der Waals surface area contributed by atoms with Crippen LogP contribution in [-0.2, 0) is 0 Å². The minimum Gasteiger partial charge on any atom is -0.397 e. The van der Waals surface area contributed by atoms with Crippen molar-refractivity contribution in [3.05, 3.63) is 16.2 Å². The number of pyridine rings is 1. The van der Waals surface area contributed by atoms with Gasteiger partial charge in [-0.15, -0.1) is 0 Å². The summed E-state index contributed by atoms with van der Waals surface area (Å²) in [5.41, 5.74) is 7.59. The first-order valence-corrected chi connectivity index (χ1v) is 7.38. The third-order valence-corrected chi connectivity index (χ3v) is 4.88. The molecule has 1 fully saturated rings. The van der Waals surface area contributed by atoms with Crippen molar-refractivity contribution < 1.29 is 0 Å². The molecule has 0 unspecified atom stereocenters. The van der Waals surface area contributed by atoms with Crippen LogP contribution in [0.2, 0.25) is 0 Å². The van der Waals surface area contributed by atoms with Crippen molar-refractivity contribution in [3.8, 4) is 0 Å². The van der Waals surface area contributed by atoms with Crippen molar-refractivity contribution in [2.24, 2.45) is 0 Å². The molecule has 1 saturated heterocycles. The lowest BCUT2D eigenvalue weighted by Crippen LogP contribution is -2.25. The molecule has 2 rings (SSSR count). The summed E-state index contributed by atoms with van der Waals surface area (Å²) in [4.78, 5) is 4.34. The van der Waals surface area contributed by atoms with Crippen LogP contribution >= 0.6 is 27.7 Å². The predicted octanol–water partition coefficient (Wildman–Crippen LogP) is 3.04. The molecule has 3 N–H and O–H groups in total. The number of anilines is 2. The number of rotatable bonds is 2. The number of hydrogen-bond donors (Lipinski definition) is 2. The quantitative estimate of drug-likeness (QED) is 0.881. The first-order valence-electron chi connectivity index (χ1n) is 5.43. The van der Waals surface area contributed by atoms with Gasteiger partial charge in [-0.1, -0.05) is 0 Å². The van der Waals surface area contributed by atoms with Gasteiger partial charge in [-0.25, -0.2) is 4.98 Å². The van der Waals surface area contributed by atoms with Crippen LogP contribution in [0.5, 0.6) is 0 Å². The maximum Gasteiger partial charge on any atom is 0.140 e. The first-order chi connectivity index (χ1) is 7.68. The lowest BCUT2D eigenvalue weighted by Gasteiger charge is -2.24. The lowest BCUT2D eigenvalue weighted by molar-refractivity contribution is 0.663. The topological polar surface area (TPSA) is 50.9 Å². The molecule has 0 saturated carbocycles. The Balaban J connectivity index is 2.11. The van der Waals surface area contributed by atoms with Crippen molar-refractivity contribution in [2.75, 3.05) is 22.6 Å². The zero-order valence-electron chi connectivity index (χ0n) is 9.29. The smallest absolute Gasteiger partial charge is 0.140 e. The highest BCUT2D eigenvalue weighted by atomic mass is 79.9. The van der Waals surface area contributed by atoms with E-state index in [1.165, 1.54) is 24.3 Å². The Bertz CT molecular complexity index is 378. The molecule has 5 heteroatoms. The molecule has 1 aliphatic heterocycles. The summed E-state index contributed by atoms with van der Waals surface area (Å²) in [6, 6.07) is 0.549. The maximum atomic E-state index is 5.80. The first kappa shape index (κ1) is 12.0. The fraction of sp³-hybridized carbons (Fsp3) is 0.545. The van der Waals surface area contributed by atoms with Crippen LogP contribution in [0.4, 0.5) is 11.5 Å². The molecule has 1 aliphatic rings. The largest absolute Gasteiger partial charge is 0.397 e. The number of hydrogen-bond acceptors (Lipinski definition) is 4. The Labute approximate surface area is 109 Å². The number of thioether (sulfide) groups is 1. The molecule has 1 aromatic rings. The van der Waals surface area contributed by atoms with Gasteiger partial charge in [-0.2, -0.15) is 11.8 Å². The van der Waals surface area contributed by atoms with Crippen LogP contribution < -0.4 is 11.1 Å². The minimum absolute atomic E-state index is 0.549. The molecule has 0 bridgehead atoms. The number of nitrogens with zero attached hydrogens (tertiary/aromatic N) is 1. The normalized spacial score (nSPS) is 17.4. The lowest BCUT2D eigenvalue weighted by atomic mass is 10.1. The minimum atomic E-state index is 0.549. The van der Waals surface area contributed by atoms with Gasteiger partial charge in [0.2, 0.25) is 0 Å². The molecule has 3 nitrogen and oxygen atoms in total. The molecule has 0 aromatic carbocycles. The molecule has 16 heavy (non-hydrogen) atoms. The standard InChI is InChI=1S/C11H16BrN3S/c1-7-9(13)6-14-11(10(7)12)15-8-2-4-16-5-3-8/h6,8H,2-5,13H2,1H3,(H,14,15). The van der Waals surface area contributed by atoms with Gasteiger partial charge in [0.15, 0.2) is 0 Å². The molecule has 0 radical (unpaired) electrons. The van der Waals surface area contributed by atoms with E-state index in [0.717, 1.165) is 21.5 Å². The molecular formula is C11H16BrN3S. The predicted molar refractivity (Wildman–Crippen MR) is 75.1 cm³/mol. The number of nitrogens with two attached hydrogens (primary N) is 1. The number of nitrogen functional groups attached to an aromatic ring is 1. The van der Waals surface area contributed by atoms with E-state index in [-0.39, 0.29) is 0 Å². The molecule has 2 heterocycles. The molecule has 0 atom stereocenters.